The average Bonchev–Trinajstić information content (AvgIpc) is 3.21. The van der Waals surface area contributed by atoms with Gasteiger partial charge in [-0.2, -0.15) is 18.2 Å². The van der Waals surface area contributed by atoms with Crippen molar-refractivity contribution < 1.29 is 17.7 Å². The molecular weight excluding hydrogens is 319 g/mol. The third kappa shape index (κ3) is 2.62. The molecule has 1 unspecified atom stereocenters. The summed E-state index contributed by atoms with van der Waals surface area (Å²) in [5.41, 5.74) is 2.61. The summed E-state index contributed by atoms with van der Waals surface area (Å²) in [6, 6.07) is 7.21. The Morgan fingerprint density at radius 3 is 2.83 bits per heavy atom. The van der Waals surface area contributed by atoms with Gasteiger partial charge in [0.1, 0.15) is 0 Å². The third-order valence-electron chi connectivity index (χ3n) is 3.98. The highest BCUT2D eigenvalue weighted by atomic mass is 19.4. The van der Waals surface area contributed by atoms with E-state index in [1.54, 1.807) is 18.2 Å². The molecule has 2 aromatic rings. The number of hydrogen-bond acceptors (Lipinski definition) is 4. The van der Waals surface area contributed by atoms with Gasteiger partial charge in [0.15, 0.2) is 0 Å². The summed E-state index contributed by atoms with van der Waals surface area (Å²) >= 11 is 0. The Bertz CT molecular complexity index is 864. The molecule has 0 spiro atoms. The summed E-state index contributed by atoms with van der Waals surface area (Å²) in [6.07, 6.45) is 5.47. The van der Waals surface area contributed by atoms with Crippen LogP contribution in [0.2, 0.25) is 0 Å². The maximum absolute atomic E-state index is 12.6. The van der Waals surface area contributed by atoms with Crippen molar-refractivity contribution in [2.24, 2.45) is 0 Å². The van der Waals surface area contributed by atoms with Crippen molar-refractivity contribution in [2.45, 2.75) is 12.1 Å². The van der Waals surface area contributed by atoms with Crippen molar-refractivity contribution in [3.05, 3.63) is 71.9 Å². The molecule has 0 amide bonds. The Balaban J connectivity index is 1.63. The van der Waals surface area contributed by atoms with Crippen LogP contribution < -0.4 is 0 Å². The number of alkyl halides is 3. The lowest BCUT2D eigenvalue weighted by Crippen LogP contribution is -2.15. The zero-order valence-electron chi connectivity index (χ0n) is 12.4. The van der Waals surface area contributed by atoms with E-state index in [1.807, 2.05) is 30.5 Å². The highest BCUT2D eigenvalue weighted by Crippen LogP contribution is 2.33. The van der Waals surface area contributed by atoms with Crippen molar-refractivity contribution >= 4 is 0 Å². The summed E-state index contributed by atoms with van der Waals surface area (Å²) in [7, 11) is 0. The predicted molar refractivity (Wildman–Crippen MR) is 80.5 cm³/mol. The van der Waals surface area contributed by atoms with E-state index in [0.717, 1.165) is 17.8 Å². The SMILES string of the molecule is FC(F)(F)c1nc(-c2cccc(C3C=C4C=CC=CN4C3)c2)no1. The lowest BCUT2D eigenvalue weighted by Gasteiger charge is -2.18. The van der Waals surface area contributed by atoms with Crippen LogP contribution in [0.4, 0.5) is 13.2 Å². The molecule has 0 aliphatic carbocycles. The Kier molecular flexibility index (Phi) is 3.30. The maximum Gasteiger partial charge on any atom is 0.471 e. The minimum Gasteiger partial charge on any atom is -0.347 e. The molecule has 0 radical (unpaired) electrons. The summed E-state index contributed by atoms with van der Waals surface area (Å²) in [5, 5.41) is 3.44. The monoisotopic (exact) mass is 331 g/mol. The van der Waals surface area contributed by atoms with Crippen LogP contribution in [0.25, 0.3) is 11.4 Å². The smallest absolute Gasteiger partial charge is 0.347 e. The molecule has 0 N–H and O–H groups in total. The summed E-state index contributed by atoms with van der Waals surface area (Å²) in [6.45, 7) is 0.791. The predicted octanol–water partition coefficient (Wildman–Crippen LogP) is 4.12. The highest BCUT2D eigenvalue weighted by Gasteiger charge is 2.38. The Morgan fingerprint density at radius 1 is 1.21 bits per heavy atom. The first-order chi connectivity index (χ1) is 11.5. The van der Waals surface area contributed by atoms with E-state index in [2.05, 4.69) is 25.6 Å². The number of aromatic nitrogens is 2. The number of rotatable bonds is 2. The van der Waals surface area contributed by atoms with Crippen LogP contribution in [0.1, 0.15) is 17.4 Å². The molecule has 1 aromatic heterocycles. The topological polar surface area (TPSA) is 42.2 Å². The van der Waals surface area contributed by atoms with Crippen LogP contribution >= 0.6 is 0 Å². The largest absolute Gasteiger partial charge is 0.471 e. The lowest BCUT2D eigenvalue weighted by atomic mass is 9.98. The van der Waals surface area contributed by atoms with Crippen LogP contribution in [-0.2, 0) is 6.18 Å². The molecule has 122 valence electrons. The average molecular weight is 331 g/mol. The van der Waals surface area contributed by atoms with Crippen LogP contribution in [0.15, 0.2) is 65.0 Å². The summed E-state index contributed by atoms with van der Waals surface area (Å²) in [5.74, 6) is -1.24. The first-order valence-corrected chi connectivity index (χ1v) is 7.35. The van der Waals surface area contributed by atoms with Crippen molar-refractivity contribution in [2.75, 3.05) is 6.54 Å². The molecule has 2 aliphatic rings. The van der Waals surface area contributed by atoms with Crippen molar-refractivity contribution in [1.29, 1.82) is 0 Å². The minimum absolute atomic E-state index is 0.0626. The van der Waals surface area contributed by atoms with E-state index >= 15 is 0 Å². The van der Waals surface area contributed by atoms with Crippen molar-refractivity contribution in [1.82, 2.24) is 15.0 Å². The zero-order chi connectivity index (χ0) is 16.7. The van der Waals surface area contributed by atoms with Crippen LogP contribution in [-0.4, -0.2) is 21.6 Å². The normalized spacial score (nSPS) is 19.5. The number of allylic oxidation sites excluding steroid dienone is 3. The van der Waals surface area contributed by atoms with Gasteiger partial charge in [0.05, 0.1) is 0 Å². The number of benzene rings is 1. The molecule has 24 heavy (non-hydrogen) atoms. The number of nitrogens with zero attached hydrogens (tertiary/aromatic N) is 3. The molecule has 4 nitrogen and oxygen atoms in total. The first-order valence-electron chi connectivity index (χ1n) is 7.35. The molecular formula is C17H12F3N3O. The molecule has 3 heterocycles. The fraction of sp³-hybridized carbons (Fsp3) is 0.176. The standard InChI is InChI=1S/C17H12F3N3O/c18-17(19,20)16-21-15(22-24-16)12-5-3-4-11(8-12)13-9-14-6-1-2-7-23(14)10-13/h1-9,13H,10H2. The molecule has 7 heteroatoms. The van der Waals surface area contributed by atoms with Gasteiger partial charge in [0.2, 0.25) is 5.82 Å². The molecule has 0 saturated heterocycles. The lowest BCUT2D eigenvalue weighted by molar-refractivity contribution is -0.159. The van der Waals surface area contributed by atoms with E-state index in [9.17, 15) is 13.2 Å². The maximum atomic E-state index is 12.6. The van der Waals surface area contributed by atoms with Gasteiger partial charge in [-0.05, 0) is 23.8 Å². The molecule has 2 aliphatic heterocycles. The van der Waals surface area contributed by atoms with Crippen LogP contribution in [0, 0.1) is 0 Å². The second-order valence-corrected chi connectivity index (χ2v) is 5.60. The number of hydrogen-bond donors (Lipinski definition) is 0. The fourth-order valence-corrected chi connectivity index (χ4v) is 2.84. The quantitative estimate of drug-likeness (QED) is 0.830. The van der Waals surface area contributed by atoms with Crippen LogP contribution in [0.3, 0.4) is 0 Å². The summed E-state index contributed by atoms with van der Waals surface area (Å²) < 4.78 is 42.1. The van der Waals surface area contributed by atoms with Crippen molar-refractivity contribution in [3.8, 4) is 11.4 Å². The van der Waals surface area contributed by atoms with Gasteiger partial charge in [-0.3, -0.25) is 0 Å². The molecule has 1 aromatic carbocycles. The zero-order valence-corrected chi connectivity index (χ0v) is 12.4. The van der Waals surface area contributed by atoms with E-state index in [-0.39, 0.29) is 11.7 Å². The van der Waals surface area contributed by atoms with Crippen LogP contribution in [0.5, 0.6) is 0 Å². The van der Waals surface area contributed by atoms with Gasteiger partial charge in [-0.15, -0.1) is 0 Å². The van der Waals surface area contributed by atoms with Gasteiger partial charge >= 0.3 is 12.1 Å². The number of fused-ring (bicyclic) bond motifs is 1. The van der Waals surface area contributed by atoms with Gasteiger partial charge in [0, 0.05) is 29.9 Å². The van der Waals surface area contributed by atoms with Gasteiger partial charge in [-0.1, -0.05) is 35.5 Å². The Morgan fingerprint density at radius 2 is 2.08 bits per heavy atom. The number of halogens is 3. The fourth-order valence-electron chi connectivity index (χ4n) is 2.84. The summed E-state index contributed by atoms with van der Waals surface area (Å²) in [4.78, 5) is 5.57. The molecule has 1 atom stereocenters. The second-order valence-electron chi connectivity index (χ2n) is 5.60. The Labute approximate surface area is 135 Å². The van der Waals surface area contributed by atoms with Gasteiger partial charge in [0.25, 0.3) is 0 Å². The van der Waals surface area contributed by atoms with Gasteiger partial charge < -0.3 is 9.42 Å². The molecule has 0 fully saturated rings. The highest BCUT2D eigenvalue weighted by molar-refractivity contribution is 5.56. The third-order valence-corrected chi connectivity index (χ3v) is 3.98. The van der Waals surface area contributed by atoms with E-state index in [0.29, 0.717) is 5.56 Å². The van der Waals surface area contributed by atoms with E-state index in [4.69, 9.17) is 0 Å². The van der Waals surface area contributed by atoms with Gasteiger partial charge in [-0.25, -0.2) is 0 Å². The first kappa shape index (κ1) is 14.7. The molecule has 4 rings (SSSR count). The molecule has 0 saturated carbocycles. The van der Waals surface area contributed by atoms with Crippen molar-refractivity contribution in [3.63, 3.8) is 0 Å². The van der Waals surface area contributed by atoms with E-state index < -0.39 is 12.1 Å². The molecule has 0 bridgehead atoms. The Hall–Kier alpha value is -2.83. The van der Waals surface area contributed by atoms with E-state index in [1.165, 1.54) is 0 Å². The second kappa shape index (κ2) is 5.36. The minimum atomic E-state index is -4.64.